The molecule has 55 heavy (non-hydrogen) atoms. The van der Waals surface area contributed by atoms with Crippen molar-refractivity contribution in [2.24, 2.45) is 46.3 Å². The van der Waals surface area contributed by atoms with Crippen LogP contribution in [0.5, 0.6) is 0 Å². The predicted octanol–water partition coefficient (Wildman–Crippen LogP) is 11.1. The van der Waals surface area contributed by atoms with Gasteiger partial charge >= 0.3 is 5.97 Å². The molecule has 0 aromatic carbocycles. The maximum absolute atomic E-state index is 12.3. The second-order valence-electron chi connectivity index (χ2n) is 19.5. The van der Waals surface area contributed by atoms with Crippen molar-refractivity contribution in [3.8, 4) is 0 Å². The fraction of sp³-hybridized carbons (Fsp3) is 0.915. The molecule has 0 aromatic rings. The Kier molecular flexibility index (Phi) is 36.7. The standard InChI is InChI=1S/C33H68N3O2.C14H27O2.Pm/c1-13-14-22-36(27-33(8,9)32(6,7)26-34(10)11)23-16-15-21-35(12)24-19-31(37)38-25-20-30(29(4)5)18-17-28(2)3;1-6-14(15)16-10-9-13(12(4)5)8-7-11(2)3;/h28-30H,1,13-27H2,2-12H3;11-13H,1,6-10H2,2-5H3;/q2*-1;. The average molecular weight is 911 g/mol. The number of unbranched alkanes of at least 4 members (excludes halogenated alkanes) is 2. The first-order valence-electron chi connectivity index (χ1n) is 22.0. The van der Waals surface area contributed by atoms with Crippen LogP contribution in [-0.2, 0) is 19.1 Å². The van der Waals surface area contributed by atoms with E-state index < -0.39 is 0 Å². The Hall–Kier alpha value is 0.158. The zero-order chi connectivity index (χ0) is 41.9. The van der Waals surface area contributed by atoms with Gasteiger partial charge in [-0.1, -0.05) is 109 Å². The van der Waals surface area contributed by atoms with Gasteiger partial charge in [0.25, 0.3) is 5.97 Å². The molecule has 0 amide bonds. The van der Waals surface area contributed by atoms with Crippen molar-refractivity contribution in [3.63, 3.8) is 0 Å². The summed E-state index contributed by atoms with van der Waals surface area (Å²) in [6.07, 6.45) is 12.1. The molecule has 2 unspecified atom stereocenters. The Morgan fingerprint density at radius 3 is 1.44 bits per heavy atom. The summed E-state index contributed by atoms with van der Waals surface area (Å²) in [5.74, 6) is 3.87. The maximum atomic E-state index is 12.3. The van der Waals surface area contributed by atoms with E-state index in [1.807, 2.05) is 0 Å². The van der Waals surface area contributed by atoms with E-state index in [2.05, 4.69) is 133 Å². The van der Waals surface area contributed by atoms with E-state index in [1.54, 1.807) is 0 Å². The number of esters is 2. The summed E-state index contributed by atoms with van der Waals surface area (Å²) in [7, 11) is 6.47. The van der Waals surface area contributed by atoms with Gasteiger partial charge in [-0.15, -0.1) is 0 Å². The van der Waals surface area contributed by atoms with Gasteiger partial charge in [-0.3, -0.25) is 9.59 Å². The molecule has 0 aliphatic heterocycles. The minimum absolute atomic E-state index is 0. The van der Waals surface area contributed by atoms with Crippen LogP contribution in [0, 0.1) is 101 Å². The number of ether oxygens (including phenoxy) is 2. The largest absolute Gasteiger partial charge is 0.468 e. The third-order valence-electron chi connectivity index (χ3n) is 11.7. The van der Waals surface area contributed by atoms with Crippen LogP contribution in [0.1, 0.15) is 160 Å². The molecule has 0 heterocycles. The number of nitrogens with zero attached hydrogens (tertiary/aromatic N) is 3. The van der Waals surface area contributed by atoms with E-state index in [4.69, 9.17) is 9.47 Å². The first-order valence-corrected chi connectivity index (χ1v) is 22.0. The molecule has 2 atom stereocenters. The number of rotatable bonds is 31. The van der Waals surface area contributed by atoms with E-state index in [1.165, 1.54) is 32.1 Å². The molecule has 0 fully saturated rings. The van der Waals surface area contributed by atoms with E-state index in [9.17, 15) is 9.59 Å². The van der Waals surface area contributed by atoms with Crippen LogP contribution in [0.2, 0.25) is 0 Å². The van der Waals surface area contributed by atoms with Crippen LogP contribution >= 0.6 is 0 Å². The number of hydrogen-bond acceptors (Lipinski definition) is 7. The van der Waals surface area contributed by atoms with Crippen molar-refractivity contribution in [2.75, 3.05) is 73.6 Å². The van der Waals surface area contributed by atoms with Gasteiger partial charge < -0.3 is 38.0 Å². The van der Waals surface area contributed by atoms with Crippen molar-refractivity contribution < 1.29 is 59.5 Å². The van der Waals surface area contributed by atoms with Crippen molar-refractivity contribution in [3.05, 3.63) is 13.8 Å². The number of carbonyl (C=O) groups is 2. The van der Waals surface area contributed by atoms with E-state index >= 15 is 0 Å². The molecule has 0 rings (SSSR count). The molecule has 0 aromatic heterocycles. The molecule has 7 nitrogen and oxygen atoms in total. The van der Waals surface area contributed by atoms with E-state index in [0.29, 0.717) is 43.3 Å². The Morgan fingerprint density at radius 1 is 0.582 bits per heavy atom. The number of hydrogen-bond donors (Lipinski definition) is 0. The van der Waals surface area contributed by atoms with Gasteiger partial charge in [-0.2, -0.15) is 6.42 Å². The van der Waals surface area contributed by atoms with Crippen molar-refractivity contribution in [2.45, 2.75) is 160 Å². The van der Waals surface area contributed by atoms with E-state index in [0.717, 1.165) is 83.2 Å². The van der Waals surface area contributed by atoms with Crippen molar-refractivity contribution >= 4 is 11.9 Å². The molecular weight excluding hydrogens is 816 g/mol. The van der Waals surface area contributed by atoms with Gasteiger partial charge in [-0.05, 0) is 126 Å². The molecule has 0 bridgehead atoms. The summed E-state index contributed by atoms with van der Waals surface area (Å²) < 4.78 is 10.7. The van der Waals surface area contributed by atoms with E-state index in [-0.39, 0.29) is 69.6 Å². The summed E-state index contributed by atoms with van der Waals surface area (Å²) in [5, 5.41) is 0. The fourth-order valence-corrected chi connectivity index (χ4v) is 7.00. The smallest absolute Gasteiger partial charge is 0.307 e. The maximum Gasteiger partial charge on any atom is 0.307 e. The zero-order valence-corrected chi connectivity index (χ0v) is 42.3. The SMILES string of the molecule is [CH2-]CC(=O)OCCC(CCC(C)C)C(C)C.[CH2-]CCCN(CCCCN(C)CCC(=O)OCCC(CCC(C)C)C(C)C)CC(C)(C)C(C)(C)CN(C)C.[Pm]. The average Bonchev–Trinajstić information content (AvgIpc) is 3.06. The van der Waals surface area contributed by atoms with Gasteiger partial charge in [0.15, 0.2) is 0 Å². The zero-order valence-electron chi connectivity index (χ0n) is 39.4. The summed E-state index contributed by atoms with van der Waals surface area (Å²) in [6, 6.07) is 0. The molecule has 1 radical (unpaired) electrons. The predicted molar refractivity (Wildman–Crippen MR) is 234 cm³/mol. The minimum Gasteiger partial charge on any atom is -0.468 e. The normalized spacial score (nSPS) is 13.5. The third kappa shape index (κ3) is 32.7. The van der Waals surface area contributed by atoms with Crippen LogP contribution in [0.15, 0.2) is 0 Å². The van der Waals surface area contributed by atoms with Crippen LogP contribution < -0.4 is 0 Å². The van der Waals surface area contributed by atoms with Crippen molar-refractivity contribution in [1.82, 2.24) is 14.7 Å². The summed E-state index contributed by atoms with van der Waals surface area (Å²) in [4.78, 5) is 30.5. The van der Waals surface area contributed by atoms with Gasteiger partial charge in [-0.25, -0.2) is 0 Å². The Morgan fingerprint density at radius 2 is 1.02 bits per heavy atom. The second-order valence-corrected chi connectivity index (χ2v) is 19.5. The summed E-state index contributed by atoms with van der Waals surface area (Å²) in [5.41, 5.74) is 0.455. The molecular formula is C47H95N3O4Pm-2. The number of carbonyl (C=O) groups excluding carboxylic acids is 2. The van der Waals surface area contributed by atoms with Gasteiger partial charge in [0, 0.05) is 60.0 Å². The molecule has 0 aliphatic carbocycles. The molecule has 0 saturated heterocycles. The first kappa shape index (κ1) is 59.5. The molecule has 329 valence electrons. The Labute approximate surface area is 377 Å². The third-order valence-corrected chi connectivity index (χ3v) is 11.7. The minimum atomic E-state index is -0.189. The Balaban J connectivity index is -0.00000133. The van der Waals surface area contributed by atoms with Crippen LogP contribution in [0.4, 0.5) is 0 Å². The van der Waals surface area contributed by atoms with Crippen LogP contribution in [0.25, 0.3) is 0 Å². The topological polar surface area (TPSA) is 62.3 Å². The van der Waals surface area contributed by atoms with Gasteiger partial charge in [0.2, 0.25) is 0 Å². The van der Waals surface area contributed by atoms with Crippen molar-refractivity contribution in [1.29, 1.82) is 0 Å². The molecule has 8 heteroatoms. The molecule has 0 saturated carbocycles. The monoisotopic (exact) mass is 911 g/mol. The quantitative estimate of drug-likeness (QED) is 0.0390. The van der Waals surface area contributed by atoms with Crippen LogP contribution in [-0.4, -0.2) is 100 Å². The van der Waals surface area contributed by atoms with Gasteiger partial charge in [0.05, 0.1) is 19.6 Å². The van der Waals surface area contributed by atoms with Gasteiger partial charge in [0.1, 0.15) is 0 Å². The summed E-state index contributed by atoms with van der Waals surface area (Å²) in [6.45, 7) is 42.7. The summed E-state index contributed by atoms with van der Waals surface area (Å²) >= 11 is 0. The Bertz CT molecular complexity index is 922. The van der Waals surface area contributed by atoms with Crippen LogP contribution in [0.3, 0.4) is 0 Å². The molecule has 0 spiro atoms. The first-order chi connectivity index (χ1) is 25.1. The second kappa shape index (κ2) is 33.9. The molecule has 0 aliphatic rings. The molecule has 0 N–H and O–H groups in total. The fourth-order valence-electron chi connectivity index (χ4n) is 7.00.